The Morgan fingerprint density at radius 1 is 1.41 bits per heavy atom. The summed E-state index contributed by atoms with van der Waals surface area (Å²) in [5, 5.41) is 3.52. The number of hydrogen-bond acceptors (Lipinski definition) is 2. The van der Waals surface area contributed by atoms with Gasteiger partial charge in [-0.3, -0.25) is 0 Å². The van der Waals surface area contributed by atoms with Crippen LogP contribution in [0.3, 0.4) is 0 Å². The molecule has 1 atom stereocenters. The SMILES string of the molecule is CN1CCCC(NCCc2ccccc2F)C1. The highest BCUT2D eigenvalue weighted by molar-refractivity contribution is 5.17. The normalized spacial score (nSPS) is 21.6. The van der Waals surface area contributed by atoms with Crippen LogP contribution in [0.1, 0.15) is 18.4 Å². The van der Waals surface area contributed by atoms with Crippen LogP contribution in [0.25, 0.3) is 0 Å². The third-order valence-electron chi connectivity index (χ3n) is 3.41. The molecule has 2 nitrogen and oxygen atoms in total. The van der Waals surface area contributed by atoms with E-state index in [-0.39, 0.29) is 5.82 Å². The molecule has 17 heavy (non-hydrogen) atoms. The summed E-state index contributed by atoms with van der Waals surface area (Å²) >= 11 is 0. The molecule has 1 N–H and O–H groups in total. The summed E-state index contributed by atoms with van der Waals surface area (Å²) in [5.41, 5.74) is 0.809. The molecule has 1 aromatic rings. The van der Waals surface area contributed by atoms with Gasteiger partial charge in [-0.25, -0.2) is 4.39 Å². The highest BCUT2D eigenvalue weighted by Crippen LogP contribution is 2.09. The lowest BCUT2D eigenvalue weighted by Crippen LogP contribution is -2.44. The summed E-state index contributed by atoms with van der Waals surface area (Å²) < 4.78 is 13.4. The summed E-state index contributed by atoms with van der Waals surface area (Å²) in [4.78, 5) is 2.35. The number of rotatable bonds is 4. The Morgan fingerprint density at radius 2 is 2.24 bits per heavy atom. The maximum Gasteiger partial charge on any atom is 0.126 e. The Hall–Kier alpha value is -0.930. The van der Waals surface area contributed by atoms with Gasteiger partial charge in [-0.15, -0.1) is 0 Å². The Labute approximate surface area is 103 Å². The number of nitrogens with zero attached hydrogens (tertiary/aromatic N) is 1. The van der Waals surface area contributed by atoms with Gasteiger partial charge in [-0.05, 0) is 51.0 Å². The summed E-state index contributed by atoms with van der Waals surface area (Å²) in [7, 11) is 2.16. The molecule has 0 aromatic heterocycles. The minimum atomic E-state index is -0.0879. The fraction of sp³-hybridized carbons (Fsp3) is 0.571. The maximum atomic E-state index is 13.4. The zero-order chi connectivity index (χ0) is 12.1. The van der Waals surface area contributed by atoms with Gasteiger partial charge in [-0.1, -0.05) is 18.2 Å². The molecule has 0 saturated carbocycles. The molecule has 3 heteroatoms. The first-order valence-electron chi connectivity index (χ1n) is 6.41. The summed E-state index contributed by atoms with van der Waals surface area (Å²) in [5.74, 6) is -0.0879. The summed E-state index contributed by atoms with van der Waals surface area (Å²) in [6, 6.07) is 7.60. The van der Waals surface area contributed by atoms with Crippen molar-refractivity contribution in [3.05, 3.63) is 35.6 Å². The van der Waals surface area contributed by atoms with Crippen LogP contribution in [-0.4, -0.2) is 37.6 Å². The number of benzene rings is 1. The first kappa shape index (κ1) is 12.5. The molecule has 1 heterocycles. The van der Waals surface area contributed by atoms with E-state index in [1.165, 1.54) is 25.5 Å². The van der Waals surface area contributed by atoms with Crippen molar-refractivity contribution in [1.29, 1.82) is 0 Å². The zero-order valence-electron chi connectivity index (χ0n) is 10.5. The van der Waals surface area contributed by atoms with Gasteiger partial charge in [0, 0.05) is 12.6 Å². The van der Waals surface area contributed by atoms with E-state index in [0.29, 0.717) is 6.04 Å². The van der Waals surface area contributed by atoms with Crippen molar-refractivity contribution in [2.45, 2.75) is 25.3 Å². The predicted molar refractivity (Wildman–Crippen MR) is 68.6 cm³/mol. The van der Waals surface area contributed by atoms with Crippen molar-refractivity contribution < 1.29 is 4.39 Å². The van der Waals surface area contributed by atoms with E-state index in [9.17, 15) is 4.39 Å². The lowest BCUT2D eigenvalue weighted by atomic mass is 10.1. The molecule has 94 valence electrons. The van der Waals surface area contributed by atoms with Crippen LogP contribution in [-0.2, 0) is 6.42 Å². The lowest BCUT2D eigenvalue weighted by molar-refractivity contribution is 0.228. The van der Waals surface area contributed by atoms with E-state index < -0.39 is 0 Å². The molecule has 1 unspecified atom stereocenters. The molecule has 0 spiro atoms. The number of piperidine rings is 1. The third-order valence-corrected chi connectivity index (χ3v) is 3.41. The second kappa shape index (κ2) is 6.12. The zero-order valence-corrected chi connectivity index (χ0v) is 10.5. The third kappa shape index (κ3) is 3.79. The smallest absolute Gasteiger partial charge is 0.126 e. The van der Waals surface area contributed by atoms with Crippen molar-refractivity contribution in [2.75, 3.05) is 26.7 Å². The fourth-order valence-electron chi connectivity index (χ4n) is 2.45. The quantitative estimate of drug-likeness (QED) is 0.860. The fourth-order valence-corrected chi connectivity index (χ4v) is 2.45. The van der Waals surface area contributed by atoms with Crippen molar-refractivity contribution in [3.63, 3.8) is 0 Å². The molecule has 1 aromatic carbocycles. The molecule has 2 rings (SSSR count). The van der Waals surface area contributed by atoms with Crippen molar-refractivity contribution >= 4 is 0 Å². The van der Waals surface area contributed by atoms with Gasteiger partial charge in [0.1, 0.15) is 5.82 Å². The van der Waals surface area contributed by atoms with Gasteiger partial charge < -0.3 is 10.2 Å². The lowest BCUT2D eigenvalue weighted by Gasteiger charge is -2.30. The van der Waals surface area contributed by atoms with E-state index >= 15 is 0 Å². The standard InChI is InChI=1S/C14H21FN2/c1-17-10-4-6-13(11-17)16-9-8-12-5-2-3-7-14(12)15/h2-3,5,7,13,16H,4,6,8-11H2,1H3. The van der Waals surface area contributed by atoms with Gasteiger partial charge in [0.05, 0.1) is 0 Å². The molecular weight excluding hydrogens is 215 g/mol. The van der Waals surface area contributed by atoms with E-state index in [0.717, 1.165) is 25.1 Å². The highest BCUT2D eigenvalue weighted by Gasteiger charge is 2.15. The van der Waals surface area contributed by atoms with E-state index in [1.807, 2.05) is 12.1 Å². The number of hydrogen-bond donors (Lipinski definition) is 1. The Bertz CT molecular complexity index is 354. The highest BCUT2D eigenvalue weighted by atomic mass is 19.1. The second-order valence-electron chi connectivity index (χ2n) is 4.90. The van der Waals surface area contributed by atoms with Crippen LogP contribution < -0.4 is 5.32 Å². The predicted octanol–water partition coefficient (Wildman–Crippen LogP) is 2.05. The Kier molecular flexibility index (Phi) is 4.51. The van der Waals surface area contributed by atoms with Crippen LogP contribution in [0.4, 0.5) is 4.39 Å². The first-order valence-corrected chi connectivity index (χ1v) is 6.41. The summed E-state index contributed by atoms with van der Waals surface area (Å²) in [6.07, 6.45) is 3.27. The number of likely N-dealkylation sites (N-methyl/N-ethyl adjacent to an activating group) is 1. The van der Waals surface area contributed by atoms with Crippen LogP contribution >= 0.6 is 0 Å². The van der Waals surface area contributed by atoms with E-state index in [2.05, 4.69) is 17.3 Å². The molecule has 0 bridgehead atoms. The molecule has 1 aliphatic rings. The molecule has 0 radical (unpaired) electrons. The van der Waals surface area contributed by atoms with Gasteiger partial charge in [0.2, 0.25) is 0 Å². The van der Waals surface area contributed by atoms with Crippen LogP contribution in [0.2, 0.25) is 0 Å². The minimum Gasteiger partial charge on any atom is -0.312 e. The number of halogens is 1. The topological polar surface area (TPSA) is 15.3 Å². The number of nitrogens with one attached hydrogen (secondary N) is 1. The van der Waals surface area contributed by atoms with Crippen molar-refractivity contribution in [3.8, 4) is 0 Å². The minimum absolute atomic E-state index is 0.0879. The molecule has 1 fully saturated rings. The summed E-state index contributed by atoms with van der Waals surface area (Å²) in [6.45, 7) is 3.17. The average Bonchev–Trinajstić information content (AvgIpc) is 2.32. The van der Waals surface area contributed by atoms with Crippen molar-refractivity contribution in [2.24, 2.45) is 0 Å². The van der Waals surface area contributed by atoms with Crippen LogP contribution in [0.5, 0.6) is 0 Å². The molecule has 1 aliphatic heterocycles. The van der Waals surface area contributed by atoms with Crippen LogP contribution in [0.15, 0.2) is 24.3 Å². The second-order valence-corrected chi connectivity index (χ2v) is 4.90. The van der Waals surface area contributed by atoms with E-state index in [1.54, 1.807) is 6.07 Å². The molecule has 0 amide bonds. The number of likely N-dealkylation sites (tertiary alicyclic amines) is 1. The largest absolute Gasteiger partial charge is 0.312 e. The molecular formula is C14H21FN2. The van der Waals surface area contributed by atoms with Crippen molar-refractivity contribution in [1.82, 2.24) is 10.2 Å². The van der Waals surface area contributed by atoms with Gasteiger partial charge in [0.15, 0.2) is 0 Å². The van der Waals surface area contributed by atoms with Gasteiger partial charge in [-0.2, -0.15) is 0 Å². The average molecular weight is 236 g/mol. The maximum absolute atomic E-state index is 13.4. The monoisotopic (exact) mass is 236 g/mol. The molecule has 1 saturated heterocycles. The Morgan fingerprint density at radius 3 is 3.00 bits per heavy atom. The van der Waals surface area contributed by atoms with Gasteiger partial charge in [0.25, 0.3) is 0 Å². The van der Waals surface area contributed by atoms with E-state index in [4.69, 9.17) is 0 Å². The first-order chi connectivity index (χ1) is 8.25. The van der Waals surface area contributed by atoms with Gasteiger partial charge >= 0.3 is 0 Å². The van der Waals surface area contributed by atoms with Crippen LogP contribution in [0, 0.1) is 5.82 Å². The molecule has 0 aliphatic carbocycles. The Balaban J connectivity index is 1.74.